The number of amides is 1. The number of nitrogens with two attached hydrogens (primary N) is 1. The summed E-state index contributed by atoms with van der Waals surface area (Å²) >= 11 is 6.74. The van der Waals surface area contributed by atoms with E-state index in [1.165, 1.54) is 0 Å². The molecule has 0 heterocycles. The van der Waals surface area contributed by atoms with E-state index in [2.05, 4.69) is 37.2 Å². The minimum Gasteiger partial charge on any atom is -0.399 e. The monoisotopic (exact) mass is 396 g/mol. The van der Waals surface area contributed by atoms with Crippen LogP contribution < -0.4 is 11.1 Å². The highest BCUT2D eigenvalue weighted by molar-refractivity contribution is 9.11. The molecule has 0 saturated carbocycles. The summed E-state index contributed by atoms with van der Waals surface area (Å²) in [6.45, 7) is 0.590. The van der Waals surface area contributed by atoms with Gasteiger partial charge >= 0.3 is 0 Å². The van der Waals surface area contributed by atoms with Crippen LogP contribution in [0.25, 0.3) is 0 Å². The van der Waals surface area contributed by atoms with E-state index >= 15 is 0 Å². The molecule has 0 bridgehead atoms. The van der Waals surface area contributed by atoms with Crippen molar-refractivity contribution < 1.29 is 4.79 Å². The number of benzene rings is 2. The van der Waals surface area contributed by atoms with Gasteiger partial charge < -0.3 is 11.1 Å². The van der Waals surface area contributed by atoms with Crippen LogP contribution in [0.5, 0.6) is 0 Å². The van der Waals surface area contributed by atoms with E-state index in [9.17, 15) is 4.79 Å². The molecule has 0 atom stereocenters. The van der Waals surface area contributed by atoms with Gasteiger partial charge in [0.25, 0.3) is 5.91 Å². The fraction of sp³-hybridized carbons (Fsp3) is 0.133. The van der Waals surface area contributed by atoms with E-state index in [1.807, 2.05) is 30.3 Å². The van der Waals surface area contributed by atoms with Gasteiger partial charge in [-0.2, -0.15) is 0 Å². The minimum absolute atomic E-state index is 0.0811. The molecule has 0 fully saturated rings. The number of anilines is 1. The quantitative estimate of drug-likeness (QED) is 0.771. The molecule has 20 heavy (non-hydrogen) atoms. The summed E-state index contributed by atoms with van der Waals surface area (Å²) in [5.41, 5.74) is 8.15. The summed E-state index contributed by atoms with van der Waals surface area (Å²) in [4.78, 5) is 12.0. The molecular weight excluding hydrogens is 384 g/mol. The molecule has 0 aliphatic carbocycles. The molecule has 2 aromatic rings. The van der Waals surface area contributed by atoms with E-state index in [4.69, 9.17) is 5.73 Å². The Morgan fingerprint density at radius 3 is 2.25 bits per heavy atom. The van der Waals surface area contributed by atoms with Gasteiger partial charge in [0.15, 0.2) is 0 Å². The Morgan fingerprint density at radius 2 is 1.65 bits per heavy atom. The van der Waals surface area contributed by atoms with Gasteiger partial charge in [0, 0.05) is 26.7 Å². The molecule has 0 aromatic heterocycles. The van der Waals surface area contributed by atoms with Crippen molar-refractivity contribution in [2.75, 3.05) is 12.3 Å². The first kappa shape index (κ1) is 15.1. The molecule has 0 aliphatic heterocycles. The molecule has 1 amide bonds. The van der Waals surface area contributed by atoms with Crippen molar-refractivity contribution in [3.63, 3.8) is 0 Å². The number of carbonyl (C=O) groups is 1. The highest BCUT2D eigenvalue weighted by Crippen LogP contribution is 2.20. The van der Waals surface area contributed by atoms with E-state index in [0.717, 1.165) is 26.6 Å². The molecule has 0 spiro atoms. The van der Waals surface area contributed by atoms with Gasteiger partial charge in [-0.05, 0) is 42.3 Å². The average molecular weight is 398 g/mol. The van der Waals surface area contributed by atoms with E-state index in [1.54, 1.807) is 12.1 Å². The smallest absolute Gasteiger partial charge is 0.251 e. The normalized spacial score (nSPS) is 10.3. The van der Waals surface area contributed by atoms with Gasteiger partial charge in [-0.15, -0.1) is 0 Å². The third-order valence-corrected chi connectivity index (χ3v) is 3.72. The zero-order chi connectivity index (χ0) is 14.5. The van der Waals surface area contributed by atoms with Crippen LogP contribution in [0.1, 0.15) is 15.9 Å². The molecule has 3 nitrogen and oxygen atoms in total. The summed E-state index contributed by atoms with van der Waals surface area (Å²) in [5, 5.41) is 2.90. The summed E-state index contributed by atoms with van der Waals surface area (Å²) < 4.78 is 1.74. The second-order valence-electron chi connectivity index (χ2n) is 4.41. The first-order valence-corrected chi connectivity index (χ1v) is 7.72. The number of nitrogens with one attached hydrogen (secondary N) is 1. The van der Waals surface area contributed by atoms with Crippen molar-refractivity contribution in [1.82, 2.24) is 5.32 Å². The molecule has 2 aromatic carbocycles. The van der Waals surface area contributed by atoms with Crippen LogP contribution in [0, 0.1) is 0 Å². The maximum Gasteiger partial charge on any atom is 0.251 e. The number of hydrogen-bond donors (Lipinski definition) is 2. The molecule has 0 radical (unpaired) electrons. The van der Waals surface area contributed by atoms with Crippen LogP contribution in [0.2, 0.25) is 0 Å². The summed E-state index contributed by atoms with van der Waals surface area (Å²) in [6.07, 6.45) is 0.779. The van der Waals surface area contributed by atoms with Crippen LogP contribution >= 0.6 is 31.9 Å². The molecular formula is C15H14Br2N2O. The zero-order valence-electron chi connectivity index (χ0n) is 10.7. The van der Waals surface area contributed by atoms with E-state index in [-0.39, 0.29) is 5.91 Å². The number of halogens is 2. The fourth-order valence-corrected chi connectivity index (χ4v) is 3.09. The van der Waals surface area contributed by atoms with Crippen molar-refractivity contribution in [3.8, 4) is 0 Å². The lowest BCUT2D eigenvalue weighted by molar-refractivity contribution is 0.0954. The lowest BCUT2D eigenvalue weighted by Gasteiger charge is -2.07. The van der Waals surface area contributed by atoms with Gasteiger partial charge in [-0.1, -0.05) is 44.0 Å². The lowest BCUT2D eigenvalue weighted by Crippen LogP contribution is -2.25. The molecule has 0 aliphatic rings. The third kappa shape index (κ3) is 4.35. The Labute approximate surface area is 134 Å². The zero-order valence-corrected chi connectivity index (χ0v) is 13.9. The van der Waals surface area contributed by atoms with Crippen LogP contribution in [0.15, 0.2) is 51.4 Å². The second kappa shape index (κ2) is 6.90. The highest BCUT2D eigenvalue weighted by atomic mass is 79.9. The van der Waals surface area contributed by atoms with Gasteiger partial charge in [-0.25, -0.2) is 0 Å². The Kier molecular flexibility index (Phi) is 5.20. The molecule has 104 valence electrons. The summed E-state index contributed by atoms with van der Waals surface area (Å²) in [6, 6.07) is 13.2. The Morgan fingerprint density at radius 1 is 1.05 bits per heavy atom. The van der Waals surface area contributed by atoms with Crippen LogP contribution in [-0.2, 0) is 6.42 Å². The van der Waals surface area contributed by atoms with Crippen molar-refractivity contribution in [3.05, 3.63) is 62.5 Å². The first-order valence-electron chi connectivity index (χ1n) is 6.13. The van der Waals surface area contributed by atoms with Gasteiger partial charge in [0.05, 0.1) is 0 Å². The summed E-state index contributed by atoms with van der Waals surface area (Å²) in [7, 11) is 0. The van der Waals surface area contributed by atoms with Gasteiger partial charge in [-0.3, -0.25) is 4.79 Å². The topological polar surface area (TPSA) is 55.1 Å². The largest absolute Gasteiger partial charge is 0.399 e. The number of hydrogen-bond acceptors (Lipinski definition) is 2. The van der Waals surface area contributed by atoms with Crippen molar-refractivity contribution in [2.45, 2.75) is 6.42 Å². The molecule has 0 unspecified atom stereocenters. The van der Waals surface area contributed by atoms with E-state index < -0.39 is 0 Å². The Balaban J connectivity index is 1.90. The second-order valence-corrected chi connectivity index (χ2v) is 6.24. The summed E-state index contributed by atoms with van der Waals surface area (Å²) in [5.74, 6) is -0.0811. The van der Waals surface area contributed by atoms with E-state index in [0.29, 0.717) is 12.1 Å². The highest BCUT2D eigenvalue weighted by Gasteiger charge is 2.07. The standard InChI is InChI=1S/C15H14Br2N2O/c16-12-7-11(8-13(17)9-12)15(20)19-6-5-10-1-3-14(18)4-2-10/h1-4,7-9H,5-6,18H2,(H,19,20). The number of nitrogen functional groups attached to an aromatic ring is 1. The first-order chi connectivity index (χ1) is 9.54. The van der Waals surface area contributed by atoms with Gasteiger partial charge in [0.1, 0.15) is 0 Å². The van der Waals surface area contributed by atoms with Crippen LogP contribution in [0.4, 0.5) is 5.69 Å². The van der Waals surface area contributed by atoms with Crippen LogP contribution in [0.3, 0.4) is 0 Å². The molecule has 0 saturated heterocycles. The lowest BCUT2D eigenvalue weighted by atomic mass is 10.1. The minimum atomic E-state index is -0.0811. The van der Waals surface area contributed by atoms with Crippen LogP contribution in [-0.4, -0.2) is 12.5 Å². The predicted octanol–water partition coefficient (Wildman–Crippen LogP) is 3.77. The third-order valence-electron chi connectivity index (χ3n) is 2.80. The SMILES string of the molecule is Nc1ccc(CCNC(=O)c2cc(Br)cc(Br)c2)cc1. The Bertz CT molecular complexity index is 592. The molecule has 2 rings (SSSR count). The fourth-order valence-electron chi connectivity index (χ4n) is 1.79. The maximum absolute atomic E-state index is 12.0. The predicted molar refractivity (Wildman–Crippen MR) is 88.7 cm³/mol. The van der Waals surface area contributed by atoms with Gasteiger partial charge in [0.2, 0.25) is 0 Å². The van der Waals surface area contributed by atoms with Crippen molar-refractivity contribution in [2.24, 2.45) is 0 Å². The number of carbonyl (C=O) groups excluding carboxylic acids is 1. The number of rotatable bonds is 4. The molecule has 5 heteroatoms. The maximum atomic E-state index is 12.0. The van der Waals surface area contributed by atoms with Crippen molar-refractivity contribution in [1.29, 1.82) is 0 Å². The molecule has 3 N–H and O–H groups in total. The Hall–Kier alpha value is -1.33. The van der Waals surface area contributed by atoms with Crippen molar-refractivity contribution >= 4 is 43.5 Å². The average Bonchev–Trinajstić information content (AvgIpc) is 2.40.